The lowest BCUT2D eigenvalue weighted by molar-refractivity contribution is -0.118. The Morgan fingerprint density at radius 2 is 2.33 bits per heavy atom. The minimum Gasteiger partial charge on any atom is -0.497 e. The van der Waals surface area contributed by atoms with Crippen molar-refractivity contribution in [2.24, 2.45) is 0 Å². The predicted molar refractivity (Wildman–Crippen MR) is 74.0 cm³/mol. The zero-order valence-electron chi connectivity index (χ0n) is 10.7. The van der Waals surface area contributed by atoms with Crippen molar-refractivity contribution in [2.45, 2.75) is 13.0 Å². The van der Waals surface area contributed by atoms with Crippen LogP contribution in [0.4, 0.5) is 0 Å². The average molecular weight is 269 g/mol. The monoisotopic (exact) mass is 269 g/mol. The minimum absolute atomic E-state index is 0.000317. The molecule has 4 nitrogen and oxygen atoms in total. The van der Waals surface area contributed by atoms with Crippen LogP contribution in [0.15, 0.2) is 24.3 Å². The lowest BCUT2D eigenvalue weighted by Gasteiger charge is -2.11. The molecule has 1 aromatic carbocycles. The quantitative estimate of drug-likeness (QED) is 0.789. The maximum absolute atomic E-state index is 11.2. The van der Waals surface area contributed by atoms with E-state index in [1.54, 1.807) is 13.2 Å². The molecule has 0 saturated carbocycles. The molecule has 1 amide bonds. The number of methoxy groups -OCH3 is 1. The molecule has 0 radical (unpaired) electrons. The van der Waals surface area contributed by atoms with E-state index in [0.29, 0.717) is 18.1 Å². The molecule has 0 aliphatic rings. The molecule has 100 valence electrons. The molecule has 18 heavy (non-hydrogen) atoms. The third kappa shape index (κ3) is 4.98. The number of ether oxygens (including phenoxy) is 1. The first-order valence-corrected chi connectivity index (χ1v) is 6.99. The van der Waals surface area contributed by atoms with Gasteiger partial charge >= 0.3 is 0 Å². The highest BCUT2D eigenvalue weighted by Crippen LogP contribution is 2.22. The van der Waals surface area contributed by atoms with Gasteiger partial charge in [-0.05, 0) is 24.6 Å². The fraction of sp³-hybridized carbons (Fsp3) is 0.462. The first-order valence-electron chi connectivity index (χ1n) is 5.83. The van der Waals surface area contributed by atoms with Crippen molar-refractivity contribution in [3.63, 3.8) is 0 Å². The molecule has 0 heterocycles. The molecule has 0 aliphatic carbocycles. The number of nitrogens with one attached hydrogen (secondary N) is 1. The van der Waals surface area contributed by atoms with Crippen molar-refractivity contribution >= 4 is 17.7 Å². The molecule has 1 rings (SSSR count). The number of amides is 1. The summed E-state index contributed by atoms with van der Waals surface area (Å²) in [7, 11) is 1.59. The minimum atomic E-state index is -0.584. The highest BCUT2D eigenvalue weighted by Gasteiger charge is 2.09. The lowest BCUT2D eigenvalue weighted by atomic mass is 10.1. The SMILES string of the molecule is CCNC(=O)CSCC(O)c1cccc(OC)c1. The van der Waals surface area contributed by atoms with Crippen LogP contribution in [0.1, 0.15) is 18.6 Å². The van der Waals surface area contributed by atoms with Gasteiger partial charge in [-0.15, -0.1) is 11.8 Å². The molecule has 0 aliphatic heterocycles. The van der Waals surface area contributed by atoms with Crippen LogP contribution in [0.5, 0.6) is 5.75 Å². The highest BCUT2D eigenvalue weighted by molar-refractivity contribution is 7.99. The van der Waals surface area contributed by atoms with Crippen LogP contribution in [0, 0.1) is 0 Å². The Kier molecular flexibility index (Phi) is 6.60. The molecule has 2 N–H and O–H groups in total. The average Bonchev–Trinajstić information content (AvgIpc) is 2.39. The van der Waals surface area contributed by atoms with Gasteiger partial charge < -0.3 is 15.2 Å². The van der Waals surface area contributed by atoms with E-state index in [0.717, 1.165) is 11.3 Å². The zero-order chi connectivity index (χ0) is 13.4. The fourth-order valence-electron chi connectivity index (χ4n) is 1.46. The van der Waals surface area contributed by atoms with E-state index in [-0.39, 0.29) is 5.91 Å². The van der Waals surface area contributed by atoms with Gasteiger partial charge in [0.05, 0.1) is 19.0 Å². The lowest BCUT2D eigenvalue weighted by Crippen LogP contribution is -2.24. The Labute approximate surface area is 112 Å². The van der Waals surface area contributed by atoms with Crippen LogP contribution in [0.3, 0.4) is 0 Å². The molecule has 5 heteroatoms. The molecule has 1 aromatic rings. The van der Waals surface area contributed by atoms with E-state index in [9.17, 15) is 9.90 Å². The van der Waals surface area contributed by atoms with Gasteiger partial charge in [-0.3, -0.25) is 4.79 Å². The normalized spacial score (nSPS) is 11.9. The van der Waals surface area contributed by atoms with E-state index >= 15 is 0 Å². The van der Waals surface area contributed by atoms with Gasteiger partial charge in [0.15, 0.2) is 0 Å². The highest BCUT2D eigenvalue weighted by atomic mass is 32.2. The summed E-state index contributed by atoms with van der Waals surface area (Å²) in [4.78, 5) is 11.2. The summed E-state index contributed by atoms with van der Waals surface area (Å²) in [5.74, 6) is 1.58. The van der Waals surface area contributed by atoms with Crippen LogP contribution in [0.25, 0.3) is 0 Å². The summed E-state index contributed by atoms with van der Waals surface area (Å²) >= 11 is 1.41. The number of thioether (sulfide) groups is 1. The van der Waals surface area contributed by atoms with Crippen molar-refractivity contribution in [3.05, 3.63) is 29.8 Å². The summed E-state index contributed by atoms with van der Waals surface area (Å²) < 4.78 is 5.10. The summed E-state index contributed by atoms with van der Waals surface area (Å²) in [5, 5.41) is 12.7. The van der Waals surface area contributed by atoms with Gasteiger partial charge in [-0.25, -0.2) is 0 Å². The number of benzene rings is 1. The van der Waals surface area contributed by atoms with Gasteiger partial charge in [0.2, 0.25) is 5.91 Å². The number of hydrogen-bond acceptors (Lipinski definition) is 4. The first kappa shape index (κ1) is 14.9. The van der Waals surface area contributed by atoms with Crippen molar-refractivity contribution < 1.29 is 14.6 Å². The van der Waals surface area contributed by atoms with Crippen LogP contribution in [0.2, 0.25) is 0 Å². The number of hydrogen-bond donors (Lipinski definition) is 2. The molecule has 0 bridgehead atoms. The number of aliphatic hydroxyl groups excluding tert-OH is 1. The number of carbonyl (C=O) groups excluding carboxylic acids is 1. The summed E-state index contributed by atoms with van der Waals surface area (Å²) in [5.41, 5.74) is 0.803. The summed E-state index contributed by atoms with van der Waals surface area (Å²) in [6.45, 7) is 2.52. The Hall–Kier alpha value is -1.20. The first-order chi connectivity index (χ1) is 8.67. The Morgan fingerprint density at radius 1 is 1.56 bits per heavy atom. The van der Waals surface area contributed by atoms with Crippen molar-refractivity contribution in [1.82, 2.24) is 5.32 Å². The van der Waals surface area contributed by atoms with Crippen molar-refractivity contribution in [1.29, 1.82) is 0 Å². The molecule has 0 fully saturated rings. The van der Waals surface area contributed by atoms with E-state index in [1.165, 1.54) is 11.8 Å². The topological polar surface area (TPSA) is 58.6 Å². The second-order valence-electron chi connectivity index (χ2n) is 3.76. The van der Waals surface area contributed by atoms with E-state index in [2.05, 4.69) is 5.32 Å². The summed E-state index contributed by atoms with van der Waals surface area (Å²) in [6.07, 6.45) is -0.584. The predicted octanol–water partition coefficient (Wildman–Crippen LogP) is 1.60. The van der Waals surface area contributed by atoms with Crippen LogP contribution in [-0.2, 0) is 4.79 Å². The fourth-order valence-corrected chi connectivity index (χ4v) is 2.28. The standard InChI is InChI=1S/C13H19NO3S/c1-3-14-13(16)9-18-8-12(15)10-5-4-6-11(7-10)17-2/h4-7,12,15H,3,8-9H2,1-2H3,(H,14,16). The zero-order valence-corrected chi connectivity index (χ0v) is 11.5. The number of carbonyl (C=O) groups is 1. The smallest absolute Gasteiger partial charge is 0.229 e. The molecule has 1 unspecified atom stereocenters. The molecule has 1 atom stereocenters. The maximum atomic E-state index is 11.2. The van der Waals surface area contributed by atoms with Gasteiger partial charge in [-0.1, -0.05) is 12.1 Å². The van der Waals surface area contributed by atoms with Crippen molar-refractivity contribution in [3.8, 4) is 5.75 Å². The van der Waals surface area contributed by atoms with E-state index < -0.39 is 6.10 Å². The Balaban J connectivity index is 2.40. The molecule has 0 spiro atoms. The Bertz CT molecular complexity index is 384. The summed E-state index contributed by atoms with van der Waals surface area (Å²) in [6, 6.07) is 7.32. The molecule has 0 aromatic heterocycles. The second kappa shape index (κ2) is 8.00. The van der Waals surface area contributed by atoms with E-state index in [4.69, 9.17) is 4.74 Å². The third-order valence-corrected chi connectivity index (χ3v) is 3.38. The molecular weight excluding hydrogens is 250 g/mol. The second-order valence-corrected chi connectivity index (χ2v) is 4.79. The Morgan fingerprint density at radius 3 is 3.00 bits per heavy atom. The molecule has 0 saturated heterocycles. The molecular formula is C13H19NO3S. The van der Waals surface area contributed by atoms with Gasteiger partial charge in [0, 0.05) is 12.3 Å². The maximum Gasteiger partial charge on any atom is 0.229 e. The number of rotatable bonds is 7. The number of aliphatic hydroxyl groups is 1. The largest absolute Gasteiger partial charge is 0.497 e. The van der Waals surface area contributed by atoms with Crippen LogP contribution >= 0.6 is 11.8 Å². The van der Waals surface area contributed by atoms with Gasteiger partial charge in [0.25, 0.3) is 0 Å². The van der Waals surface area contributed by atoms with Gasteiger partial charge in [0.1, 0.15) is 5.75 Å². The van der Waals surface area contributed by atoms with Crippen LogP contribution in [-0.4, -0.2) is 36.2 Å². The van der Waals surface area contributed by atoms with Crippen LogP contribution < -0.4 is 10.1 Å². The van der Waals surface area contributed by atoms with E-state index in [1.807, 2.05) is 25.1 Å². The van der Waals surface area contributed by atoms with Gasteiger partial charge in [-0.2, -0.15) is 0 Å². The van der Waals surface area contributed by atoms with Crippen molar-refractivity contribution in [2.75, 3.05) is 25.2 Å². The third-order valence-electron chi connectivity index (χ3n) is 2.36.